The summed E-state index contributed by atoms with van der Waals surface area (Å²) in [5.74, 6) is 1.64. The van der Waals surface area contributed by atoms with Gasteiger partial charge in [-0.2, -0.15) is 0 Å². The summed E-state index contributed by atoms with van der Waals surface area (Å²) in [7, 11) is 0. The van der Waals surface area contributed by atoms with Crippen LogP contribution in [0.2, 0.25) is 5.02 Å². The number of halogens is 3. The lowest BCUT2D eigenvalue weighted by molar-refractivity contribution is -0.0471. The second-order valence-electron chi connectivity index (χ2n) is 7.32. The van der Waals surface area contributed by atoms with Crippen LogP contribution in [-0.4, -0.2) is 0 Å². The highest BCUT2D eigenvalue weighted by Crippen LogP contribution is 2.59. The average molecular weight is 312 g/mol. The van der Waals surface area contributed by atoms with Crippen LogP contribution in [0.3, 0.4) is 0 Å². The van der Waals surface area contributed by atoms with Crippen molar-refractivity contribution in [1.82, 2.24) is 0 Å². The van der Waals surface area contributed by atoms with Gasteiger partial charge >= 0.3 is 0 Å². The molecule has 1 aromatic rings. The number of nitrogens with two attached hydrogens (primary N) is 1. The average Bonchev–Trinajstić information content (AvgIpc) is 2.41. The number of rotatable bonds is 2. The monoisotopic (exact) mass is 311 g/mol. The second-order valence-corrected chi connectivity index (χ2v) is 7.73. The van der Waals surface area contributed by atoms with Gasteiger partial charge in [0.25, 0.3) is 0 Å². The maximum Gasteiger partial charge on any atom is 0.160 e. The summed E-state index contributed by atoms with van der Waals surface area (Å²) in [4.78, 5) is 0. The molecule has 2 N–H and O–H groups in total. The van der Waals surface area contributed by atoms with Gasteiger partial charge in [-0.15, -0.1) is 0 Å². The molecule has 1 nitrogen and oxygen atoms in total. The van der Waals surface area contributed by atoms with E-state index in [1.165, 1.54) is 38.2 Å². The first kappa shape index (κ1) is 14.0. The van der Waals surface area contributed by atoms with Crippen molar-refractivity contribution in [3.05, 3.63) is 34.4 Å². The van der Waals surface area contributed by atoms with Gasteiger partial charge in [0.1, 0.15) is 0 Å². The molecule has 0 radical (unpaired) electrons. The standard InChI is InChI=1S/C17H20ClF2N/c18-13-7-15(20)14(19)6-12(13)17(21)16-10-2-8-1-9(4-10)5-11(16)3-8/h6-11,16-17H,1-5,21H2. The highest BCUT2D eigenvalue weighted by atomic mass is 35.5. The van der Waals surface area contributed by atoms with Crippen LogP contribution in [0.15, 0.2) is 12.1 Å². The highest BCUT2D eigenvalue weighted by molar-refractivity contribution is 6.31. The highest BCUT2D eigenvalue weighted by Gasteiger charge is 2.50. The fraction of sp³-hybridized carbons (Fsp3) is 0.647. The topological polar surface area (TPSA) is 26.0 Å². The zero-order valence-electron chi connectivity index (χ0n) is 11.9. The summed E-state index contributed by atoms with van der Waals surface area (Å²) < 4.78 is 26.8. The van der Waals surface area contributed by atoms with E-state index >= 15 is 0 Å². The van der Waals surface area contributed by atoms with Gasteiger partial charge < -0.3 is 5.73 Å². The van der Waals surface area contributed by atoms with Crippen molar-refractivity contribution in [2.45, 2.75) is 38.1 Å². The van der Waals surface area contributed by atoms with Crippen molar-refractivity contribution in [3.63, 3.8) is 0 Å². The Morgan fingerprint density at radius 1 is 0.952 bits per heavy atom. The molecule has 0 aromatic heterocycles. The lowest BCUT2D eigenvalue weighted by atomic mass is 9.50. The molecule has 0 amide bonds. The van der Waals surface area contributed by atoms with E-state index in [2.05, 4.69) is 0 Å². The van der Waals surface area contributed by atoms with E-state index in [-0.39, 0.29) is 11.1 Å². The van der Waals surface area contributed by atoms with Crippen LogP contribution in [-0.2, 0) is 0 Å². The number of hydrogen-bond donors (Lipinski definition) is 1. The molecule has 1 atom stereocenters. The lowest BCUT2D eigenvalue weighted by Crippen LogP contribution is -2.48. The van der Waals surface area contributed by atoms with Gasteiger partial charge in [-0.25, -0.2) is 8.78 Å². The molecular formula is C17H20ClF2N. The van der Waals surface area contributed by atoms with E-state index in [9.17, 15) is 8.78 Å². The minimum absolute atomic E-state index is 0.259. The Bertz CT molecular complexity index is 546. The van der Waals surface area contributed by atoms with Crippen molar-refractivity contribution in [2.75, 3.05) is 0 Å². The fourth-order valence-corrected chi connectivity index (χ4v) is 5.83. The molecule has 0 aliphatic heterocycles. The van der Waals surface area contributed by atoms with Crippen molar-refractivity contribution in [2.24, 2.45) is 35.3 Å². The van der Waals surface area contributed by atoms with Gasteiger partial charge in [-0.1, -0.05) is 11.6 Å². The van der Waals surface area contributed by atoms with Crippen LogP contribution >= 0.6 is 11.6 Å². The maximum atomic E-state index is 13.6. The minimum Gasteiger partial charge on any atom is -0.324 e. The number of benzene rings is 1. The smallest absolute Gasteiger partial charge is 0.160 e. The van der Waals surface area contributed by atoms with Crippen LogP contribution < -0.4 is 5.73 Å². The Hall–Kier alpha value is -0.670. The van der Waals surface area contributed by atoms with Crippen molar-refractivity contribution < 1.29 is 8.78 Å². The van der Waals surface area contributed by atoms with Gasteiger partial charge in [0.2, 0.25) is 0 Å². The predicted octanol–water partition coefficient (Wildman–Crippen LogP) is 4.69. The lowest BCUT2D eigenvalue weighted by Gasteiger charge is -2.56. The third-order valence-electron chi connectivity index (χ3n) is 6.11. The largest absolute Gasteiger partial charge is 0.324 e. The Labute approximate surface area is 128 Å². The predicted molar refractivity (Wildman–Crippen MR) is 78.8 cm³/mol. The second kappa shape index (κ2) is 4.92. The van der Waals surface area contributed by atoms with Crippen LogP contribution in [0.25, 0.3) is 0 Å². The molecule has 114 valence electrons. The van der Waals surface area contributed by atoms with Crippen LogP contribution in [0.1, 0.15) is 43.7 Å². The molecule has 4 bridgehead atoms. The Balaban J connectivity index is 1.66. The molecule has 21 heavy (non-hydrogen) atoms. The normalized spacial score (nSPS) is 38.8. The van der Waals surface area contributed by atoms with Gasteiger partial charge in [-0.05, 0) is 79.4 Å². The summed E-state index contributed by atoms with van der Waals surface area (Å²) in [5, 5.41) is 0.259. The molecule has 1 aromatic carbocycles. The van der Waals surface area contributed by atoms with Gasteiger partial charge in [0.05, 0.1) is 0 Å². The third kappa shape index (κ3) is 2.20. The molecule has 4 aliphatic carbocycles. The minimum atomic E-state index is -0.902. The van der Waals surface area contributed by atoms with Crippen molar-refractivity contribution >= 4 is 11.6 Å². The first-order chi connectivity index (χ1) is 10.0. The molecule has 0 saturated heterocycles. The van der Waals surface area contributed by atoms with E-state index in [4.69, 9.17) is 17.3 Å². The molecule has 4 heteroatoms. The molecule has 4 aliphatic rings. The zero-order valence-corrected chi connectivity index (χ0v) is 12.6. The Morgan fingerprint density at radius 3 is 2.05 bits per heavy atom. The Kier molecular flexibility index (Phi) is 3.27. The maximum absolute atomic E-state index is 13.6. The molecule has 4 saturated carbocycles. The van der Waals surface area contributed by atoms with Crippen LogP contribution in [0, 0.1) is 41.2 Å². The van der Waals surface area contributed by atoms with Gasteiger partial charge in [-0.3, -0.25) is 0 Å². The summed E-state index contributed by atoms with van der Waals surface area (Å²) in [6.07, 6.45) is 6.42. The SMILES string of the molecule is NC(c1cc(F)c(F)cc1Cl)C1C2CC3CC(C2)CC1C3. The van der Waals surface area contributed by atoms with Crippen molar-refractivity contribution in [3.8, 4) is 0 Å². The number of hydrogen-bond acceptors (Lipinski definition) is 1. The van der Waals surface area contributed by atoms with E-state index < -0.39 is 11.6 Å². The van der Waals surface area contributed by atoms with E-state index in [0.29, 0.717) is 23.3 Å². The first-order valence-electron chi connectivity index (χ1n) is 7.93. The molecule has 0 heterocycles. The first-order valence-corrected chi connectivity index (χ1v) is 8.30. The van der Waals surface area contributed by atoms with Crippen molar-refractivity contribution in [1.29, 1.82) is 0 Å². The van der Waals surface area contributed by atoms with Crippen LogP contribution in [0.5, 0.6) is 0 Å². The van der Waals surface area contributed by atoms with E-state index in [1.807, 2.05) is 0 Å². The van der Waals surface area contributed by atoms with Crippen LogP contribution in [0.4, 0.5) is 8.78 Å². The summed E-state index contributed by atoms with van der Waals surface area (Å²) in [6.45, 7) is 0. The molecule has 4 fully saturated rings. The van der Waals surface area contributed by atoms with E-state index in [1.54, 1.807) is 0 Å². The Morgan fingerprint density at radius 2 is 1.48 bits per heavy atom. The zero-order chi connectivity index (χ0) is 14.7. The summed E-state index contributed by atoms with van der Waals surface area (Å²) >= 11 is 6.12. The summed E-state index contributed by atoms with van der Waals surface area (Å²) in [6, 6.07) is 1.98. The third-order valence-corrected chi connectivity index (χ3v) is 6.44. The van der Waals surface area contributed by atoms with Gasteiger partial charge in [0.15, 0.2) is 11.6 Å². The van der Waals surface area contributed by atoms with E-state index in [0.717, 1.165) is 17.9 Å². The van der Waals surface area contributed by atoms with Gasteiger partial charge in [0, 0.05) is 11.1 Å². The molecule has 5 rings (SSSR count). The summed E-state index contributed by atoms with van der Waals surface area (Å²) in [5.41, 5.74) is 7.04. The molecule has 1 unspecified atom stereocenters. The molecular weight excluding hydrogens is 292 g/mol. The quantitative estimate of drug-likeness (QED) is 0.788. The molecule has 0 spiro atoms. The fourth-order valence-electron chi connectivity index (χ4n) is 5.55.